The van der Waals surface area contributed by atoms with Gasteiger partial charge in [0.2, 0.25) is 10.0 Å². The number of aryl methyl sites for hydroxylation is 1. The second kappa shape index (κ2) is 6.53. The number of benzene rings is 1. The van der Waals surface area contributed by atoms with E-state index in [4.69, 9.17) is 10.5 Å². The average Bonchev–Trinajstić information content (AvgIpc) is 2.32. The Morgan fingerprint density at radius 1 is 1.42 bits per heavy atom. The van der Waals surface area contributed by atoms with E-state index in [-0.39, 0.29) is 24.5 Å². The van der Waals surface area contributed by atoms with Crippen molar-refractivity contribution in [3.05, 3.63) is 23.8 Å². The molecule has 0 aliphatic heterocycles. The van der Waals surface area contributed by atoms with Crippen LogP contribution in [0.5, 0.6) is 0 Å². The van der Waals surface area contributed by atoms with Gasteiger partial charge in [-0.05, 0) is 31.5 Å². The van der Waals surface area contributed by atoms with E-state index in [2.05, 4.69) is 4.72 Å². The molecule has 19 heavy (non-hydrogen) atoms. The highest BCUT2D eigenvalue weighted by Crippen LogP contribution is 2.17. The average molecular weight is 286 g/mol. The number of nitrogen functional groups attached to an aromatic ring is 1. The lowest BCUT2D eigenvalue weighted by Gasteiger charge is -2.09. The third kappa shape index (κ3) is 4.53. The largest absolute Gasteiger partial charge is 0.466 e. The Kier molecular flexibility index (Phi) is 5.31. The molecule has 0 fully saturated rings. The molecule has 6 nitrogen and oxygen atoms in total. The predicted molar refractivity (Wildman–Crippen MR) is 72.0 cm³/mol. The number of carbonyl (C=O) groups is 1. The molecule has 7 heteroatoms. The fourth-order valence-corrected chi connectivity index (χ4v) is 2.81. The number of anilines is 1. The van der Waals surface area contributed by atoms with Gasteiger partial charge < -0.3 is 10.5 Å². The summed E-state index contributed by atoms with van der Waals surface area (Å²) in [7, 11) is -3.66. The molecule has 0 unspecified atom stereocenters. The van der Waals surface area contributed by atoms with Crippen LogP contribution in [0.4, 0.5) is 5.69 Å². The molecule has 0 aliphatic rings. The minimum absolute atomic E-state index is 0.00456. The smallest absolute Gasteiger partial charge is 0.307 e. The van der Waals surface area contributed by atoms with Gasteiger partial charge in [0.1, 0.15) is 0 Å². The van der Waals surface area contributed by atoms with Crippen molar-refractivity contribution in [1.29, 1.82) is 0 Å². The van der Waals surface area contributed by atoms with Crippen LogP contribution in [0.25, 0.3) is 0 Å². The van der Waals surface area contributed by atoms with Crippen molar-refractivity contribution in [3.63, 3.8) is 0 Å². The van der Waals surface area contributed by atoms with Crippen LogP contribution in [0.3, 0.4) is 0 Å². The molecular weight excluding hydrogens is 268 g/mol. The second-order valence-corrected chi connectivity index (χ2v) is 5.71. The van der Waals surface area contributed by atoms with Crippen LogP contribution >= 0.6 is 0 Å². The Hall–Kier alpha value is -1.60. The number of hydrogen-bond acceptors (Lipinski definition) is 5. The zero-order valence-electron chi connectivity index (χ0n) is 11.0. The number of sulfonamides is 1. The summed E-state index contributed by atoms with van der Waals surface area (Å²) in [5, 5.41) is 0. The number of nitrogens with one attached hydrogen (secondary N) is 1. The minimum Gasteiger partial charge on any atom is -0.466 e. The number of hydrogen-bond donors (Lipinski definition) is 2. The van der Waals surface area contributed by atoms with Gasteiger partial charge in [0.25, 0.3) is 0 Å². The quantitative estimate of drug-likeness (QED) is 0.595. The highest BCUT2D eigenvalue weighted by molar-refractivity contribution is 7.89. The lowest BCUT2D eigenvalue weighted by molar-refractivity contribution is -0.142. The fourth-order valence-electron chi connectivity index (χ4n) is 1.50. The molecule has 0 saturated carbocycles. The molecule has 0 aromatic heterocycles. The summed E-state index contributed by atoms with van der Waals surface area (Å²) in [5.41, 5.74) is 6.54. The van der Waals surface area contributed by atoms with Gasteiger partial charge in [0.05, 0.1) is 17.9 Å². The zero-order valence-corrected chi connectivity index (χ0v) is 11.8. The third-order valence-electron chi connectivity index (χ3n) is 2.43. The van der Waals surface area contributed by atoms with Crippen LogP contribution in [0, 0.1) is 6.92 Å². The third-order valence-corrected chi connectivity index (χ3v) is 4.03. The normalized spacial score (nSPS) is 11.3. The fraction of sp³-hybridized carbons (Fsp3) is 0.417. The van der Waals surface area contributed by atoms with Crippen molar-refractivity contribution in [2.24, 2.45) is 0 Å². The van der Waals surface area contributed by atoms with Gasteiger partial charge in [-0.2, -0.15) is 0 Å². The number of nitrogens with two attached hydrogens (primary N) is 1. The maximum absolute atomic E-state index is 12.0. The molecule has 0 amide bonds. The molecule has 1 aromatic rings. The van der Waals surface area contributed by atoms with Crippen molar-refractivity contribution in [2.45, 2.75) is 25.2 Å². The number of esters is 1. The summed E-state index contributed by atoms with van der Waals surface area (Å²) in [4.78, 5) is 11.2. The first-order chi connectivity index (χ1) is 8.86. The van der Waals surface area contributed by atoms with Crippen LogP contribution in [-0.2, 0) is 19.6 Å². The first kappa shape index (κ1) is 15.5. The van der Waals surface area contributed by atoms with Crippen LogP contribution in [0.2, 0.25) is 0 Å². The van der Waals surface area contributed by atoms with E-state index in [1.165, 1.54) is 6.07 Å². The molecule has 0 atom stereocenters. The van der Waals surface area contributed by atoms with Crippen molar-refractivity contribution in [2.75, 3.05) is 18.9 Å². The Bertz CT molecular complexity index is 555. The van der Waals surface area contributed by atoms with E-state index >= 15 is 0 Å². The van der Waals surface area contributed by atoms with Crippen LogP contribution in [-0.4, -0.2) is 27.5 Å². The first-order valence-electron chi connectivity index (χ1n) is 5.88. The molecule has 0 radical (unpaired) electrons. The zero-order chi connectivity index (χ0) is 14.5. The minimum atomic E-state index is -3.66. The number of ether oxygens (including phenoxy) is 1. The number of rotatable bonds is 6. The van der Waals surface area contributed by atoms with Gasteiger partial charge in [-0.1, -0.05) is 6.07 Å². The number of carbonyl (C=O) groups excluding carboxylic acids is 1. The SMILES string of the molecule is CCOC(=O)CCNS(=O)(=O)c1cc(N)ccc1C. The molecule has 1 aromatic carbocycles. The molecule has 3 N–H and O–H groups in total. The van der Waals surface area contributed by atoms with E-state index < -0.39 is 16.0 Å². The highest BCUT2D eigenvalue weighted by Gasteiger charge is 2.17. The van der Waals surface area contributed by atoms with E-state index in [9.17, 15) is 13.2 Å². The summed E-state index contributed by atoms with van der Waals surface area (Å²) in [6.07, 6.45) is -0.00552. The van der Waals surface area contributed by atoms with Gasteiger partial charge in [-0.15, -0.1) is 0 Å². The summed E-state index contributed by atoms with van der Waals surface area (Å²) in [5.74, 6) is -0.436. The lowest BCUT2D eigenvalue weighted by Crippen LogP contribution is -2.27. The maximum atomic E-state index is 12.0. The molecule has 106 valence electrons. The monoisotopic (exact) mass is 286 g/mol. The van der Waals surface area contributed by atoms with Crippen LogP contribution in [0.1, 0.15) is 18.9 Å². The van der Waals surface area contributed by atoms with Gasteiger partial charge >= 0.3 is 5.97 Å². The molecule has 0 bridgehead atoms. The molecule has 0 saturated heterocycles. The standard InChI is InChI=1S/C12H18N2O4S/c1-3-18-12(15)6-7-14-19(16,17)11-8-10(13)5-4-9(11)2/h4-5,8,14H,3,6-7,13H2,1-2H3. The molecule has 0 heterocycles. The van der Waals surface area contributed by atoms with Gasteiger partial charge in [-0.25, -0.2) is 13.1 Å². The summed E-state index contributed by atoms with van der Waals surface area (Å²) >= 11 is 0. The molecular formula is C12H18N2O4S. The Balaban J connectivity index is 2.71. The second-order valence-electron chi connectivity index (χ2n) is 3.98. The summed E-state index contributed by atoms with van der Waals surface area (Å²) < 4.78 is 31.1. The van der Waals surface area contributed by atoms with Gasteiger partial charge in [0, 0.05) is 12.2 Å². The topological polar surface area (TPSA) is 98.5 Å². The van der Waals surface area contributed by atoms with Crippen molar-refractivity contribution >= 4 is 21.7 Å². The lowest BCUT2D eigenvalue weighted by atomic mass is 10.2. The van der Waals surface area contributed by atoms with Crippen molar-refractivity contribution in [1.82, 2.24) is 4.72 Å². The Morgan fingerprint density at radius 2 is 2.11 bits per heavy atom. The van der Waals surface area contributed by atoms with Crippen LogP contribution in [0.15, 0.2) is 23.1 Å². The molecule has 0 aliphatic carbocycles. The van der Waals surface area contributed by atoms with E-state index in [0.29, 0.717) is 11.3 Å². The molecule has 1 rings (SSSR count). The van der Waals surface area contributed by atoms with Crippen molar-refractivity contribution in [3.8, 4) is 0 Å². The Morgan fingerprint density at radius 3 is 2.74 bits per heavy atom. The maximum Gasteiger partial charge on any atom is 0.307 e. The van der Waals surface area contributed by atoms with Gasteiger partial charge in [0.15, 0.2) is 0 Å². The van der Waals surface area contributed by atoms with Crippen LogP contribution < -0.4 is 10.5 Å². The summed E-state index contributed by atoms with van der Waals surface area (Å²) in [6.45, 7) is 3.65. The molecule has 0 spiro atoms. The van der Waals surface area contributed by atoms with E-state index in [1.54, 1.807) is 26.0 Å². The summed E-state index contributed by atoms with van der Waals surface area (Å²) in [6, 6.07) is 4.66. The van der Waals surface area contributed by atoms with Gasteiger partial charge in [-0.3, -0.25) is 4.79 Å². The van der Waals surface area contributed by atoms with E-state index in [1.807, 2.05) is 0 Å². The van der Waals surface area contributed by atoms with E-state index in [0.717, 1.165) is 0 Å². The predicted octanol–water partition coefficient (Wildman–Crippen LogP) is 0.809. The highest BCUT2D eigenvalue weighted by atomic mass is 32.2. The van der Waals surface area contributed by atoms with Crippen molar-refractivity contribution < 1.29 is 17.9 Å². The Labute approximate surface area is 113 Å². The first-order valence-corrected chi connectivity index (χ1v) is 7.36.